The summed E-state index contributed by atoms with van der Waals surface area (Å²) < 4.78 is 0.760. The van der Waals surface area contributed by atoms with Crippen LogP contribution in [0.2, 0.25) is 0 Å². The first-order valence-corrected chi connectivity index (χ1v) is 8.94. The molecule has 0 saturated heterocycles. The fourth-order valence-electron chi connectivity index (χ4n) is 2.87. The molecule has 1 heterocycles. The number of benzene rings is 1. The van der Waals surface area contributed by atoms with E-state index >= 15 is 0 Å². The molecule has 1 saturated carbocycles. The third kappa shape index (κ3) is 3.67. The average molecular weight is 394 g/mol. The second-order valence-electron chi connectivity index (χ2n) is 6.36. The van der Waals surface area contributed by atoms with Crippen molar-refractivity contribution in [2.24, 2.45) is 11.7 Å². The number of rotatable bonds is 7. The van der Waals surface area contributed by atoms with Gasteiger partial charge in [0.2, 0.25) is 5.91 Å². The summed E-state index contributed by atoms with van der Waals surface area (Å²) in [5.74, 6) is -0.139. The minimum atomic E-state index is -0.299. The van der Waals surface area contributed by atoms with E-state index in [1.807, 2.05) is 0 Å². The summed E-state index contributed by atoms with van der Waals surface area (Å²) in [6.45, 7) is 0.733. The predicted octanol–water partition coefficient (Wildman–Crippen LogP) is 1.68. The molecule has 1 aromatic carbocycles. The van der Waals surface area contributed by atoms with Crippen molar-refractivity contribution in [3.8, 4) is 0 Å². The van der Waals surface area contributed by atoms with Gasteiger partial charge in [-0.05, 0) is 43.4 Å². The van der Waals surface area contributed by atoms with Crippen molar-refractivity contribution in [3.05, 3.63) is 33.8 Å². The third-order valence-electron chi connectivity index (χ3n) is 4.48. The molecule has 3 amide bonds. The van der Waals surface area contributed by atoms with E-state index in [9.17, 15) is 14.4 Å². The molecule has 24 heavy (non-hydrogen) atoms. The fourth-order valence-corrected chi connectivity index (χ4v) is 3.24. The van der Waals surface area contributed by atoms with Gasteiger partial charge in [0.05, 0.1) is 11.1 Å². The maximum absolute atomic E-state index is 12.3. The number of carbonyl (C=O) groups excluding carboxylic acids is 3. The molecule has 128 valence electrons. The first-order chi connectivity index (χ1) is 11.5. The molecule has 3 rings (SSSR count). The molecule has 1 fully saturated rings. The van der Waals surface area contributed by atoms with Gasteiger partial charge in [-0.1, -0.05) is 15.9 Å². The van der Waals surface area contributed by atoms with Gasteiger partial charge in [0.25, 0.3) is 11.8 Å². The largest absolute Gasteiger partial charge is 0.355 e. The smallest absolute Gasteiger partial charge is 0.261 e. The van der Waals surface area contributed by atoms with Crippen LogP contribution >= 0.6 is 15.9 Å². The Bertz CT molecular complexity index is 688. The summed E-state index contributed by atoms with van der Waals surface area (Å²) in [5, 5.41) is 2.82. The molecule has 0 bridgehead atoms. The van der Waals surface area contributed by atoms with Gasteiger partial charge in [0.15, 0.2) is 0 Å². The summed E-state index contributed by atoms with van der Waals surface area (Å²) in [6, 6.07) is 5.07. The summed E-state index contributed by atoms with van der Waals surface area (Å²) >= 11 is 3.30. The zero-order chi connectivity index (χ0) is 17.3. The van der Waals surface area contributed by atoms with Crippen molar-refractivity contribution in [1.82, 2.24) is 10.2 Å². The Morgan fingerprint density at radius 1 is 1.29 bits per heavy atom. The standard InChI is InChI=1S/C17H20BrN3O3/c18-11-5-6-12-13(8-11)17(24)21(16(12)23)7-1-2-15(22)20-9-14(19)10-3-4-10/h5-6,8,10,14H,1-4,7,9,19H2,(H,20,22). The van der Waals surface area contributed by atoms with Crippen LogP contribution in [-0.4, -0.2) is 41.8 Å². The third-order valence-corrected chi connectivity index (χ3v) is 4.97. The molecule has 0 spiro atoms. The van der Waals surface area contributed by atoms with Crippen molar-refractivity contribution < 1.29 is 14.4 Å². The van der Waals surface area contributed by atoms with Gasteiger partial charge in [0.1, 0.15) is 0 Å². The maximum atomic E-state index is 12.3. The van der Waals surface area contributed by atoms with Crippen LogP contribution in [-0.2, 0) is 4.79 Å². The molecule has 0 radical (unpaired) electrons. The first-order valence-electron chi connectivity index (χ1n) is 8.15. The first kappa shape index (κ1) is 17.1. The number of nitrogens with zero attached hydrogens (tertiary/aromatic N) is 1. The lowest BCUT2D eigenvalue weighted by Crippen LogP contribution is -2.39. The summed E-state index contributed by atoms with van der Waals surface area (Å²) in [5.41, 5.74) is 6.77. The van der Waals surface area contributed by atoms with E-state index < -0.39 is 0 Å². The average Bonchev–Trinajstić information content (AvgIpc) is 3.37. The quantitative estimate of drug-likeness (QED) is 0.689. The molecule has 2 aliphatic rings. The molecule has 7 heteroatoms. The number of imide groups is 1. The Morgan fingerprint density at radius 3 is 2.71 bits per heavy atom. The highest BCUT2D eigenvalue weighted by Gasteiger charge is 2.35. The Morgan fingerprint density at radius 2 is 2.00 bits per heavy atom. The Balaban J connectivity index is 1.46. The van der Waals surface area contributed by atoms with Crippen LogP contribution < -0.4 is 11.1 Å². The van der Waals surface area contributed by atoms with Crippen molar-refractivity contribution in [3.63, 3.8) is 0 Å². The number of halogens is 1. The van der Waals surface area contributed by atoms with Crippen LogP contribution in [0.5, 0.6) is 0 Å². The van der Waals surface area contributed by atoms with Crippen LogP contribution in [0.4, 0.5) is 0 Å². The minimum absolute atomic E-state index is 0.0311. The summed E-state index contributed by atoms with van der Waals surface area (Å²) in [7, 11) is 0. The lowest BCUT2D eigenvalue weighted by atomic mass is 10.1. The number of nitrogens with one attached hydrogen (secondary N) is 1. The van der Waals surface area contributed by atoms with Crippen molar-refractivity contribution in [1.29, 1.82) is 0 Å². The monoisotopic (exact) mass is 393 g/mol. The highest BCUT2D eigenvalue weighted by atomic mass is 79.9. The molecule has 1 aliphatic carbocycles. The van der Waals surface area contributed by atoms with Gasteiger partial charge < -0.3 is 11.1 Å². The lowest BCUT2D eigenvalue weighted by Gasteiger charge is -2.14. The van der Waals surface area contributed by atoms with Crippen molar-refractivity contribution in [2.45, 2.75) is 31.7 Å². The second kappa shape index (κ2) is 7.03. The van der Waals surface area contributed by atoms with Crippen LogP contribution in [0, 0.1) is 5.92 Å². The molecule has 6 nitrogen and oxygen atoms in total. The number of amides is 3. The van der Waals surface area contributed by atoms with Gasteiger partial charge in [0, 0.05) is 30.0 Å². The van der Waals surface area contributed by atoms with Gasteiger partial charge in [-0.25, -0.2) is 0 Å². The van der Waals surface area contributed by atoms with Crippen LogP contribution in [0.1, 0.15) is 46.4 Å². The second-order valence-corrected chi connectivity index (χ2v) is 7.28. The Labute approximate surface area is 148 Å². The normalized spacial score (nSPS) is 17.8. The topological polar surface area (TPSA) is 92.5 Å². The highest BCUT2D eigenvalue weighted by Crippen LogP contribution is 2.31. The number of hydrogen-bond acceptors (Lipinski definition) is 4. The highest BCUT2D eigenvalue weighted by molar-refractivity contribution is 9.10. The van der Waals surface area contributed by atoms with Crippen LogP contribution in [0.25, 0.3) is 0 Å². The maximum Gasteiger partial charge on any atom is 0.261 e. The number of fused-ring (bicyclic) bond motifs is 1. The molecule has 1 unspecified atom stereocenters. The molecule has 3 N–H and O–H groups in total. The molecule has 0 aromatic heterocycles. The van der Waals surface area contributed by atoms with Gasteiger partial charge in [-0.2, -0.15) is 0 Å². The van der Waals surface area contributed by atoms with Gasteiger partial charge in [-0.15, -0.1) is 0 Å². The lowest BCUT2D eigenvalue weighted by molar-refractivity contribution is -0.121. The van der Waals surface area contributed by atoms with E-state index in [0.29, 0.717) is 30.0 Å². The van der Waals surface area contributed by atoms with Crippen molar-refractivity contribution in [2.75, 3.05) is 13.1 Å². The zero-order valence-corrected chi connectivity index (χ0v) is 14.8. The van der Waals surface area contributed by atoms with Crippen molar-refractivity contribution >= 4 is 33.7 Å². The van der Waals surface area contributed by atoms with E-state index in [4.69, 9.17) is 5.73 Å². The van der Waals surface area contributed by atoms with Gasteiger partial charge >= 0.3 is 0 Å². The molecule has 1 aromatic rings. The Kier molecular flexibility index (Phi) is 5.01. The molecule has 1 atom stereocenters. The zero-order valence-electron chi connectivity index (χ0n) is 13.3. The predicted molar refractivity (Wildman–Crippen MR) is 92.5 cm³/mol. The van der Waals surface area contributed by atoms with E-state index in [0.717, 1.165) is 17.3 Å². The summed E-state index contributed by atoms with van der Waals surface area (Å²) in [6.07, 6.45) is 3.01. The van der Waals surface area contributed by atoms with E-state index in [1.165, 1.54) is 4.90 Å². The Hall–Kier alpha value is -1.73. The van der Waals surface area contributed by atoms with E-state index in [2.05, 4.69) is 21.2 Å². The SMILES string of the molecule is NC(CNC(=O)CCCN1C(=O)c2ccc(Br)cc2C1=O)C1CC1. The number of nitrogens with two attached hydrogens (primary N) is 1. The molecular formula is C17H20BrN3O3. The summed E-state index contributed by atoms with van der Waals surface area (Å²) in [4.78, 5) is 37.6. The van der Waals surface area contributed by atoms with Gasteiger partial charge in [-0.3, -0.25) is 19.3 Å². The van der Waals surface area contributed by atoms with E-state index in [-0.39, 0.29) is 36.7 Å². The number of hydrogen-bond donors (Lipinski definition) is 2. The molecule has 1 aliphatic heterocycles. The molecular weight excluding hydrogens is 374 g/mol. The van der Waals surface area contributed by atoms with E-state index in [1.54, 1.807) is 18.2 Å². The minimum Gasteiger partial charge on any atom is -0.355 e. The van der Waals surface area contributed by atoms with Crippen LogP contribution in [0.15, 0.2) is 22.7 Å². The fraction of sp³-hybridized carbons (Fsp3) is 0.471. The number of carbonyl (C=O) groups is 3. The van der Waals surface area contributed by atoms with Crippen LogP contribution in [0.3, 0.4) is 0 Å².